The van der Waals surface area contributed by atoms with Gasteiger partial charge in [-0.05, 0) is 29.8 Å². The molecule has 8 heteroatoms. The third-order valence-corrected chi connectivity index (χ3v) is 6.37. The predicted octanol–water partition coefficient (Wildman–Crippen LogP) is 6.12. The van der Waals surface area contributed by atoms with Crippen molar-refractivity contribution in [2.45, 2.75) is 6.04 Å². The van der Waals surface area contributed by atoms with E-state index in [0.717, 1.165) is 33.7 Å². The number of rotatable bonds is 7. The van der Waals surface area contributed by atoms with E-state index in [1.54, 1.807) is 10.7 Å². The first kappa shape index (κ1) is 21.2. The lowest BCUT2D eigenvalue weighted by molar-refractivity contribution is 0.0488. The fourth-order valence-electron chi connectivity index (χ4n) is 3.53. The van der Waals surface area contributed by atoms with E-state index in [1.165, 1.54) is 0 Å². The molecule has 5 rings (SSSR count). The number of esters is 1. The molecule has 0 fully saturated rings. The zero-order chi connectivity index (χ0) is 22.6. The van der Waals surface area contributed by atoms with Crippen LogP contribution in [0.2, 0.25) is 4.34 Å². The summed E-state index contributed by atoms with van der Waals surface area (Å²) in [5, 5.41) is 7.96. The molecular weight excluding hydrogens is 456 g/mol. The zero-order valence-corrected chi connectivity index (χ0v) is 19.0. The van der Waals surface area contributed by atoms with Crippen molar-refractivity contribution >= 4 is 40.1 Å². The number of pyridine rings is 1. The van der Waals surface area contributed by atoms with Crippen LogP contribution in [0.5, 0.6) is 0 Å². The van der Waals surface area contributed by atoms with Gasteiger partial charge in [-0.15, -0.1) is 0 Å². The second-order valence-corrected chi connectivity index (χ2v) is 8.90. The van der Waals surface area contributed by atoms with Crippen LogP contribution in [0.15, 0.2) is 91.3 Å². The molecule has 1 atom stereocenters. The van der Waals surface area contributed by atoms with Gasteiger partial charge >= 0.3 is 5.97 Å². The van der Waals surface area contributed by atoms with Gasteiger partial charge in [0, 0.05) is 17.4 Å². The van der Waals surface area contributed by atoms with Gasteiger partial charge in [0.25, 0.3) is 0 Å². The van der Waals surface area contributed by atoms with E-state index in [9.17, 15) is 4.79 Å². The van der Waals surface area contributed by atoms with Crippen LogP contribution < -0.4 is 5.32 Å². The van der Waals surface area contributed by atoms with Gasteiger partial charge < -0.3 is 10.1 Å². The summed E-state index contributed by atoms with van der Waals surface area (Å²) in [5.41, 5.74) is 4.11. The number of para-hydroxylation sites is 1. The molecule has 0 saturated heterocycles. The first-order valence-corrected chi connectivity index (χ1v) is 11.5. The van der Waals surface area contributed by atoms with Crippen LogP contribution in [0.25, 0.3) is 16.8 Å². The molecule has 1 N–H and O–H groups in total. The van der Waals surface area contributed by atoms with E-state index < -0.39 is 5.97 Å². The summed E-state index contributed by atoms with van der Waals surface area (Å²) in [5.74, 6) is -0.514. The summed E-state index contributed by atoms with van der Waals surface area (Å²) < 4.78 is 7.82. The lowest BCUT2D eigenvalue weighted by Crippen LogP contribution is -2.19. The number of benzene rings is 2. The van der Waals surface area contributed by atoms with Gasteiger partial charge in [0.1, 0.15) is 16.6 Å². The summed E-state index contributed by atoms with van der Waals surface area (Å²) in [4.78, 5) is 17.3. The standard InChI is InChI=1S/C25H19ClN4O2S/c26-23-22(19-15-27-30-14-8-7-13-21(19)30)29-24(33-23)25(31)32-16-20(17-9-3-1-4-10-17)28-18-11-5-2-6-12-18/h1-15,20,28H,16H2. The van der Waals surface area contributed by atoms with Gasteiger partial charge in [-0.1, -0.05) is 77.5 Å². The number of carbonyl (C=O) groups excluding carboxylic acids is 1. The fourth-order valence-corrected chi connectivity index (χ4v) is 4.60. The Kier molecular flexibility index (Phi) is 6.06. The minimum absolute atomic E-state index is 0.140. The number of halogens is 1. The highest BCUT2D eigenvalue weighted by atomic mass is 35.5. The number of ether oxygens (including phenoxy) is 1. The maximum absolute atomic E-state index is 12.9. The maximum atomic E-state index is 12.9. The highest BCUT2D eigenvalue weighted by Crippen LogP contribution is 2.35. The van der Waals surface area contributed by atoms with Crippen molar-refractivity contribution in [3.05, 3.63) is 106 Å². The molecule has 0 amide bonds. The molecular formula is C25H19ClN4O2S. The first-order valence-electron chi connectivity index (χ1n) is 10.3. The lowest BCUT2D eigenvalue weighted by Gasteiger charge is -2.20. The Morgan fingerprint density at radius 2 is 1.76 bits per heavy atom. The Morgan fingerprint density at radius 1 is 1.03 bits per heavy atom. The third-order valence-electron chi connectivity index (χ3n) is 5.14. The summed E-state index contributed by atoms with van der Waals surface area (Å²) in [6.07, 6.45) is 3.54. The van der Waals surface area contributed by atoms with Crippen molar-refractivity contribution in [3.8, 4) is 11.3 Å². The van der Waals surface area contributed by atoms with E-state index in [-0.39, 0.29) is 17.7 Å². The molecule has 3 aromatic heterocycles. The van der Waals surface area contributed by atoms with E-state index in [4.69, 9.17) is 16.3 Å². The zero-order valence-electron chi connectivity index (χ0n) is 17.4. The quantitative estimate of drug-likeness (QED) is 0.288. The third kappa shape index (κ3) is 4.60. The second-order valence-electron chi connectivity index (χ2n) is 7.30. The van der Waals surface area contributed by atoms with Gasteiger partial charge in [-0.2, -0.15) is 5.10 Å². The van der Waals surface area contributed by atoms with Crippen molar-refractivity contribution in [1.82, 2.24) is 14.6 Å². The average molecular weight is 475 g/mol. The summed E-state index contributed by atoms with van der Waals surface area (Å²) in [6, 6.07) is 25.2. The first-order chi connectivity index (χ1) is 16.2. The number of nitrogens with zero attached hydrogens (tertiary/aromatic N) is 3. The van der Waals surface area contributed by atoms with Crippen molar-refractivity contribution in [2.24, 2.45) is 0 Å². The summed E-state index contributed by atoms with van der Waals surface area (Å²) >= 11 is 7.55. The minimum atomic E-state index is -0.514. The normalized spacial score (nSPS) is 11.9. The second kappa shape index (κ2) is 9.44. The monoisotopic (exact) mass is 474 g/mol. The van der Waals surface area contributed by atoms with Crippen molar-refractivity contribution in [1.29, 1.82) is 0 Å². The predicted molar refractivity (Wildman–Crippen MR) is 131 cm³/mol. The molecule has 164 valence electrons. The summed E-state index contributed by atoms with van der Waals surface area (Å²) in [7, 11) is 0. The van der Waals surface area contributed by atoms with E-state index in [2.05, 4.69) is 15.4 Å². The number of aromatic nitrogens is 3. The topological polar surface area (TPSA) is 68.5 Å². The van der Waals surface area contributed by atoms with Crippen LogP contribution in [0.4, 0.5) is 5.69 Å². The van der Waals surface area contributed by atoms with Crippen molar-refractivity contribution in [3.63, 3.8) is 0 Å². The Labute approximate surface area is 199 Å². The molecule has 6 nitrogen and oxygen atoms in total. The maximum Gasteiger partial charge on any atom is 0.367 e. The number of thiazole rings is 1. The SMILES string of the molecule is O=C(OCC(Nc1ccccc1)c1ccccc1)c1nc(-c2cnn3ccccc23)c(Cl)s1. The van der Waals surface area contributed by atoms with Gasteiger partial charge in [0.15, 0.2) is 0 Å². The number of fused-ring (bicyclic) bond motifs is 1. The van der Waals surface area contributed by atoms with E-state index in [0.29, 0.717) is 10.0 Å². The molecule has 5 aromatic rings. The number of carbonyl (C=O) groups is 1. The summed E-state index contributed by atoms with van der Waals surface area (Å²) in [6.45, 7) is 0.140. The molecule has 0 bridgehead atoms. The van der Waals surface area contributed by atoms with Crippen LogP contribution in [0, 0.1) is 0 Å². The smallest absolute Gasteiger partial charge is 0.367 e. The average Bonchev–Trinajstić information content (AvgIpc) is 3.46. The number of nitrogens with one attached hydrogen (secondary N) is 1. The molecule has 33 heavy (non-hydrogen) atoms. The van der Waals surface area contributed by atoms with Crippen LogP contribution in [-0.4, -0.2) is 27.2 Å². The Morgan fingerprint density at radius 3 is 2.55 bits per heavy atom. The molecule has 0 aliphatic carbocycles. The van der Waals surface area contributed by atoms with E-state index >= 15 is 0 Å². The van der Waals surface area contributed by atoms with Crippen molar-refractivity contribution < 1.29 is 9.53 Å². The minimum Gasteiger partial charge on any atom is -0.458 e. The molecule has 0 radical (unpaired) electrons. The van der Waals surface area contributed by atoms with Crippen LogP contribution in [-0.2, 0) is 4.74 Å². The molecule has 3 heterocycles. The highest BCUT2D eigenvalue weighted by molar-refractivity contribution is 7.18. The molecule has 2 aromatic carbocycles. The van der Waals surface area contributed by atoms with E-state index in [1.807, 2.05) is 85.1 Å². The van der Waals surface area contributed by atoms with Gasteiger partial charge in [-0.3, -0.25) is 0 Å². The Hall–Kier alpha value is -3.68. The number of hydrogen-bond acceptors (Lipinski definition) is 6. The molecule has 0 aliphatic rings. The van der Waals surface area contributed by atoms with Crippen molar-refractivity contribution in [2.75, 3.05) is 11.9 Å². The Bertz CT molecular complexity index is 1390. The van der Waals surface area contributed by atoms with Crippen LogP contribution in [0.1, 0.15) is 21.4 Å². The molecule has 0 saturated carbocycles. The Balaban J connectivity index is 1.35. The van der Waals surface area contributed by atoms with Gasteiger partial charge in [0.2, 0.25) is 5.01 Å². The van der Waals surface area contributed by atoms with Crippen LogP contribution >= 0.6 is 22.9 Å². The molecule has 0 aliphatic heterocycles. The highest BCUT2D eigenvalue weighted by Gasteiger charge is 2.22. The number of anilines is 1. The number of hydrogen-bond donors (Lipinski definition) is 1. The largest absolute Gasteiger partial charge is 0.458 e. The van der Waals surface area contributed by atoms with Gasteiger partial charge in [-0.25, -0.2) is 14.3 Å². The molecule has 1 unspecified atom stereocenters. The lowest BCUT2D eigenvalue weighted by atomic mass is 10.1. The molecule has 0 spiro atoms. The van der Waals surface area contributed by atoms with Gasteiger partial charge in [0.05, 0.1) is 17.8 Å². The van der Waals surface area contributed by atoms with Crippen LogP contribution in [0.3, 0.4) is 0 Å². The fraction of sp³-hybridized carbons (Fsp3) is 0.0800.